The van der Waals surface area contributed by atoms with Gasteiger partial charge in [0.15, 0.2) is 0 Å². The maximum atomic E-state index is 14.0. The summed E-state index contributed by atoms with van der Waals surface area (Å²) in [6.45, 7) is 6.14. The Bertz CT molecular complexity index is 776. The van der Waals surface area contributed by atoms with Crippen molar-refractivity contribution in [1.29, 1.82) is 0 Å². The van der Waals surface area contributed by atoms with Crippen molar-refractivity contribution < 1.29 is 9.13 Å². The topological polar surface area (TPSA) is 12.5 Å². The number of morpholine rings is 1. The van der Waals surface area contributed by atoms with Crippen LogP contribution < -0.4 is 0 Å². The number of hydrogen-bond donors (Lipinski definition) is 0. The minimum atomic E-state index is -0.0885. The van der Waals surface area contributed by atoms with Gasteiger partial charge >= 0.3 is 0 Å². The molecule has 4 rings (SSSR count). The van der Waals surface area contributed by atoms with Crippen molar-refractivity contribution in [2.75, 3.05) is 13.2 Å². The van der Waals surface area contributed by atoms with Crippen molar-refractivity contribution in [1.82, 2.24) is 4.90 Å². The van der Waals surface area contributed by atoms with Crippen LogP contribution in [-0.4, -0.2) is 30.2 Å². The van der Waals surface area contributed by atoms with E-state index in [1.807, 2.05) is 26.0 Å². The maximum Gasteiger partial charge on any atom is 0.129 e. The molecule has 2 bridgehead atoms. The molecule has 2 nitrogen and oxygen atoms in total. The first-order chi connectivity index (χ1) is 12.1. The summed E-state index contributed by atoms with van der Waals surface area (Å²) in [5.74, 6) is -0.0885. The van der Waals surface area contributed by atoms with Crippen LogP contribution in [-0.2, 0) is 11.3 Å². The fourth-order valence-electron chi connectivity index (χ4n) is 4.05. The molecule has 2 atom stereocenters. The van der Waals surface area contributed by atoms with E-state index in [1.54, 1.807) is 0 Å². The van der Waals surface area contributed by atoms with Gasteiger partial charge in [0.1, 0.15) is 5.82 Å². The molecule has 130 valence electrons. The molecule has 0 amide bonds. The van der Waals surface area contributed by atoms with E-state index in [2.05, 4.69) is 41.3 Å². The molecule has 2 unspecified atom stereocenters. The zero-order valence-electron chi connectivity index (χ0n) is 14.8. The summed E-state index contributed by atoms with van der Waals surface area (Å²) in [4.78, 5) is 2.55. The number of rotatable bonds is 3. The summed E-state index contributed by atoms with van der Waals surface area (Å²) in [6.07, 6.45) is 3.28. The molecule has 0 spiro atoms. The fourth-order valence-corrected chi connectivity index (χ4v) is 4.05. The molecule has 2 aliphatic rings. The van der Waals surface area contributed by atoms with Gasteiger partial charge in [0, 0.05) is 12.6 Å². The maximum absolute atomic E-state index is 14.0. The van der Waals surface area contributed by atoms with Gasteiger partial charge in [0.05, 0.1) is 19.3 Å². The number of benzene rings is 2. The molecule has 0 aromatic heterocycles. The summed E-state index contributed by atoms with van der Waals surface area (Å²) < 4.78 is 19.8. The molecule has 0 aliphatic carbocycles. The van der Waals surface area contributed by atoms with Gasteiger partial charge < -0.3 is 4.74 Å². The molecule has 3 heteroatoms. The van der Waals surface area contributed by atoms with Crippen molar-refractivity contribution in [2.45, 2.75) is 38.9 Å². The predicted molar refractivity (Wildman–Crippen MR) is 98.8 cm³/mol. The van der Waals surface area contributed by atoms with Crippen LogP contribution in [0.4, 0.5) is 4.39 Å². The summed E-state index contributed by atoms with van der Waals surface area (Å²) in [7, 11) is 0. The minimum absolute atomic E-state index is 0.0885. The number of nitrogens with zero attached hydrogens (tertiary/aromatic N) is 1. The molecule has 0 radical (unpaired) electrons. The average molecular weight is 337 g/mol. The van der Waals surface area contributed by atoms with E-state index in [1.165, 1.54) is 11.1 Å². The highest BCUT2D eigenvalue weighted by Gasteiger charge is 2.35. The van der Waals surface area contributed by atoms with E-state index in [4.69, 9.17) is 4.74 Å². The highest BCUT2D eigenvalue weighted by molar-refractivity contribution is 5.69. The Balaban J connectivity index is 1.63. The van der Waals surface area contributed by atoms with E-state index >= 15 is 0 Å². The van der Waals surface area contributed by atoms with E-state index in [9.17, 15) is 4.39 Å². The fraction of sp³-hybridized carbons (Fsp3) is 0.364. The molecule has 0 saturated carbocycles. The lowest BCUT2D eigenvalue weighted by Gasteiger charge is -2.45. The Morgan fingerprint density at radius 1 is 1.08 bits per heavy atom. The van der Waals surface area contributed by atoms with Crippen molar-refractivity contribution >= 4 is 5.57 Å². The lowest BCUT2D eigenvalue weighted by atomic mass is 9.88. The first-order valence-corrected chi connectivity index (χ1v) is 8.97. The monoisotopic (exact) mass is 337 g/mol. The molecule has 2 aromatic rings. The quantitative estimate of drug-likeness (QED) is 0.818. The van der Waals surface area contributed by atoms with Gasteiger partial charge in [-0.05, 0) is 60.2 Å². The van der Waals surface area contributed by atoms with Gasteiger partial charge in [-0.25, -0.2) is 4.39 Å². The minimum Gasteiger partial charge on any atom is -0.378 e. The Hall–Kier alpha value is -1.97. The molecular formula is C22H24FNO. The van der Waals surface area contributed by atoms with Crippen molar-refractivity contribution in [2.24, 2.45) is 0 Å². The number of halogens is 1. The molecule has 2 aliphatic heterocycles. The third-order valence-electron chi connectivity index (χ3n) is 5.36. The van der Waals surface area contributed by atoms with Crippen LogP contribution >= 0.6 is 0 Å². The number of aryl methyl sites for hydroxylation is 2. The second kappa shape index (κ2) is 6.74. The summed E-state index contributed by atoms with van der Waals surface area (Å²) >= 11 is 0. The highest BCUT2D eigenvalue weighted by atomic mass is 19.1. The number of hydrogen-bond acceptors (Lipinski definition) is 2. The van der Waals surface area contributed by atoms with E-state index in [-0.39, 0.29) is 11.9 Å². The third kappa shape index (κ3) is 3.26. The summed E-state index contributed by atoms with van der Waals surface area (Å²) in [6, 6.07) is 15.2. The Morgan fingerprint density at radius 2 is 1.80 bits per heavy atom. The Kier molecular flexibility index (Phi) is 4.45. The van der Waals surface area contributed by atoms with E-state index in [0.717, 1.165) is 42.9 Å². The molecule has 1 saturated heterocycles. The lowest BCUT2D eigenvalue weighted by Crippen LogP contribution is -2.53. The molecule has 25 heavy (non-hydrogen) atoms. The molecule has 0 N–H and O–H groups in total. The normalized spacial score (nSPS) is 23.4. The van der Waals surface area contributed by atoms with Gasteiger partial charge in [0.2, 0.25) is 0 Å². The second-order valence-corrected chi connectivity index (χ2v) is 7.24. The van der Waals surface area contributed by atoms with Crippen LogP contribution in [0.1, 0.15) is 28.7 Å². The number of fused-ring (bicyclic) bond motifs is 2. The number of ether oxygens (including phenoxy) is 1. The van der Waals surface area contributed by atoms with Gasteiger partial charge in [-0.2, -0.15) is 0 Å². The average Bonchev–Trinajstić information content (AvgIpc) is 2.60. The van der Waals surface area contributed by atoms with Gasteiger partial charge in [-0.15, -0.1) is 0 Å². The van der Waals surface area contributed by atoms with E-state index < -0.39 is 0 Å². The first kappa shape index (κ1) is 16.5. The summed E-state index contributed by atoms with van der Waals surface area (Å²) in [5.41, 5.74) is 5.28. The Morgan fingerprint density at radius 3 is 2.48 bits per heavy atom. The molecule has 2 aromatic carbocycles. The SMILES string of the molecule is Cc1cc(C2=CC3COCC(C2)N3Cc2ccccc2)cc(C)c1F. The van der Waals surface area contributed by atoms with E-state index in [0.29, 0.717) is 6.04 Å². The lowest BCUT2D eigenvalue weighted by molar-refractivity contribution is -0.0402. The van der Waals surface area contributed by atoms with Gasteiger partial charge in [-0.3, -0.25) is 4.90 Å². The van der Waals surface area contributed by atoms with Crippen molar-refractivity contribution in [3.05, 3.63) is 76.6 Å². The Labute approximate surface area is 148 Å². The van der Waals surface area contributed by atoms with Crippen LogP contribution in [0.3, 0.4) is 0 Å². The standard InChI is InChI=1S/C22H24FNO/c1-15-8-18(9-16(2)22(15)23)19-10-20-13-25-14-21(11-19)24(20)12-17-6-4-3-5-7-17/h3-10,20-21H,11-14H2,1-2H3. The smallest absolute Gasteiger partial charge is 0.129 e. The zero-order valence-corrected chi connectivity index (χ0v) is 14.8. The predicted octanol–water partition coefficient (Wildman–Crippen LogP) is 4.50. The third-order valence-corrected chi connectivity index (χ3v) is 5.36. The molecular weight excluding hydrogens is 313 g/mol. The highest BCUT2D eigenvalue weighted by Crippen LogP contribution is 2.34. The first-order valence-electron chi connectivity index (χ1n) is 8.97. The zero-order chi connectivity index (χ0) is 17.4. The van der Waals surface area contributed by atoms with Crippen LogP contribution in [0.15, 0.2) is 48.5 Å². The van der Waals surface area contributed by atoms with Crippen molar-refractivity contribution in [3.63, 3.8) is 0 Å². The second-order valence-electron chi connectivity index (χ2n) is 7.24. The largest absolute Gasteiger partial charge is 0.378 e. The van der Waals surface area contributed by atoms with Crippen LogP contribution in [0.5, 0.6) is 0 Å². The molecule has 1 fully saturated rings. The van der Waals surface area contributed by atoms with Gasteiger partial charge in [-0.1, -0.05) is 36.4 Å². The van der Waals surface area contributed by atoms with Crippen LogP contribution in [0, 0.1) is 19.7 Å². The molecule has 2 heterocycles. The van der Waals surface area contributed by atoms with Gasteiger partial charge in [0.25, 0.3) is 0 Å². The van der Waals surface area contributed by atoms with Crippen LogP contribution in [0.25, 0.3) is 5.57 Å². The van der Waals surface area contributed by atoms with Crippen molar-refractivity contribution in [3.8, 4) is 0 Å². The van der Waals surface area contributed by atoms with Crippen LogP contribution in [0.2, 0.25) is 0 Å². The summed E-state index contributed by atoms with van der Waals surface area (Å²) in [5, 5.41) is 0.